The highest BCUT2D eigenvalue weighted by molar-refractivity contribution is 5.97. The van der Waals surface area contributed by atoms with Gasteiger partial charge in [0.25, 0.3) is 11.8 Å². The summed E-state index contributed by atoms with van der Waals surface area (Å²) < 4.78 is 16.1. The van der Waals surface area contributed by atoms with Crippen LogP contribution in [0.5, 0.6) is 17.2 Å². The number of likely N-dealkylation sites (tertiary alicyclic amines) is 1. The Labute approximate surface area is 170 Å². The number of anilines is 1. The first kappa shape index (κ1) is 20.5. The Bertz CT molecular complexity index is 862. The van der Waals surface area contributed by atoms with E-state index in [0.29, 0.717) is 28.5 Å². The summed E-state index contributed by atoms with van der Waals surface area (Å²) in [5.41, 5.74) is 1.04. The minimum atomic E-state index is -0.336. The number of carbonyl (C=O) groups is 2. The lowest BCUT2D eigenvalue weighted by Gasteiger charge is -2.27. The van der Waals surface area contributed by atoms with E-state index in [1.807, 2.05) is 4.90 Å². The number of amides is 2. The number of rotatable bonds is 7. The van der Waals surface area contributed by atoms with E-state index in [0.717, 1.165) is 32.4 Å². The van der Waals surface area contributed by atoms with Gasteiger partial charge in [0.15, 0.2) is 18.1 Å². The lowest BCUT2D eigenvalue weighted by Crippen LogP contribution is -2.35. The second-order valence-electron chi connectivity index (χ2n) is 6.76. The van der Waals surface area contributed by atoms with Gasteiger partial charge >= 0.3 is 0 Å². The van der Waals surface area contributed by atoms with Crippen LogP contribution in [0, 0.1) is 0 Å². The molecule has 0 aromatic heterocycles. The number of benzene rings is 2. The van der Waals surface area contributed by atoms with Crippen LogP contribution in [0.25, 0.3) is 0 Å². The molecule has 1 fully saturated rings. The molecule has 7 nitrogen and oxygen atoms in total. The molecule has 2 aromatic carbocycles. The van der Waals surface area contributed by atoms with E-state index in [1.54, 1.807) is 49.6 Å². The van der Waals surface area contributed by atoms with Gasteiger partial charge in [-0.3, -0.25) is 9.59 Å². The Morgan fingerprint density at radius 3 is 2.38 bits per heavy atom. The minimum absolute atomic E-state index is 0.0550. The predicted octanol–water partition coefficient (Wildman–Crippen LogP) is 3.35. The molecule has 154 valence electrons. The van der Waals surface area contributed by atoms with Crippen LogP contribution in [0.2, 0.25) is 0 Å². The van der Waals surface area contributed by atoms with Crippen LogP contribution in [-0.2, 0) is 4.79 Å². The Hall–Kier alpha value is -3.22. The number of piperidine rings is 1. The lowest BCUT2D eigenvalue weighted by molar-refractivity contribution is -0.118. The Morgan fingerprint density at radius 1 is 0.931 bits per heavy atom. The van der Waals surface area contributed by atoms with E-state index in [9.17, 15) is 9.59 Å². The molecule has 0 atom stereocenters. The van der Waals surface area contributed by atoms with Crippen molar-refractivity contribution in [1.82, 2.24) is 4.90 Å². The van der Waals surface area contributed by atoms with Crippen molar-refractivity contribution in [2.45, 2.75) is 19.3 Å². The average Bonchev–Trinajstić information content (AvgIpc) is 2.78. The molecule has 29 heavy (non-hydrogen) atoms. The van der Waals surface area contributed by atoms with E-state index in [-0.39, 0.29) is 18.4 Å². The van der Waals surface area contributed by atoms with Gasteiger partial charge in [-0.05, 0) is 43.5 Å². The number of nitrogens with zero attached hydrogens (tertiary/aromatic N) is 1. The normalized spacial score (nSPS) is 13.5. The Balaban J connectivity index is 1.62. The quantitative estimate of drug-likeness (QED) is 0.774. The Morgan fingerprint density at radius 2 is 1.66 bits per heavy atom. The molecule has 0 bridgehead atoms. The highest BCUT2D eigenvalue weighted by Gasteiger charge is 2.21. The van der Waals surface area contributed by atoms with E-state index < -0.39 is 0 Å². The first-order chi connectivity index (χ1) is 14.1. The zero-order chi connectivity index (χ0) is 20.6. The van der Waals surface area contributed by atoms with E-state index in [1.165, 1.54) is 7.11 Å². The van der Waals surface area contributed by atoms with Crippen molar-refractivity contribution in [3.8, 4) is 17.2 Å². The van der Waals surface area contributed by atoms with Gasteiger partial charge in [-0.15, -0.1) is 0 Å². The maximum absolute atomic E-state index is 12.8. The summed E-state index contributed by atoms with van der Waals surface area (Å²) in [5, 5.41) is 2.76. The zero-order valence-corrected chi connectivity index (χ0v) is 16.8. The molecule has 1 saturated heterocycles. The van der Waals surface area contributed by atoms with Gasteiger partial charge in [0, 0.05) is 24.8 Å². The van der Waals surface area contributed by atoms with Crippen molar-refractivity contribution in [2.75, 3.05) is 39.2 Å². The van der Waals surface area contributed by atoms with Gasteiger partial charge in [0.2, 0.25) is 0 Å². The largest absolute Gasteiger partial charge is 0.493 e. The molecular formula is C22H26N2O5. The lowest BCUT2D eigenvalue weighted by atomic mass is 10.1. The third kappa shape index (κ3) is 5.19. The summed E-state index contributed by atoms with van der Waals surface area (Å²) in [5.74, 6) is 1.11. The van der Waals surface area contributed by atoms with E-state index in [2.05, 4.69) is 5.32 Å². The van der Waals surface area contributed by atoms with Crippen LogP contribution in [0.1, 0.15) is 29.6 Å². The van der Waals surface area contributed by atoms with Gasteiger partial charge in [-0.2, -0.15) is 0 Å². The van der Waals surface area contributed by atoms with E-state index >= 15 is 0 Å². The van der Waals surface area contributed by atoms with E-state index in [4.69, 9.17) is 14.2 Å². The van der Waals surface area contributed by atoms with Crippen LogP contribution in [0.15, 0.2) is 42.5 Å². The molecule has 2 amide bonds. The molecule has 0 unspecified atom stereocenters. The number of ether oxygens (including phenoxy) is 3. The van der Waals surface area contributed by atoms with Crippen LogP contribution < -0.4 is 19.5 Å². The minimum Gasteiger partial charge on any atom is -0.493 e. The second-order valence-corrected chi connectivity index (χ2v) is 6.76. The fraction of sp³-hybridized carbons (Fsp3) is 0.364. The molecule has 1 aliphatic rings. The van der Waals surface area contributed by atoms with Gasteiger partial charge in [-0.1, -0.05) is 12.1 Å². The monoisotopic (exact) mass is 398 g/mol. The third-order valence-corrected chi connectivity index (χ3v) is 4.79. The standard InChI is InChI=1S/C22H26N2O5/c1-27-19-11-10-16(14-20(19)28-2)23-21(25)15-29-18-9-5-4-8-17(18)22(26)24-12-6-3-7-13-24/h4-5,8-11,14H,3,6-7,12-13,15H2,1-2H3,(H,23,25). The summed E-state index contributed by atoms with van der Waals surface area (Å²) in [6.45, 7) is 1.30. The van der Waals surface area contributed by atoms with Crippen LogP contribution in [0.3, 0.4) is 0 Å². The number of carbonyl (C=O) groups excluding carboxylic acids is 2. The highest BCUT2D eigenvalue weighted by atomic mass is 16.5. The van der Waals surface area contributed by atoms with Crippen molar-refractivity contribution in [2.24, 2.45) is 0 Å². The number of methoxy groups -OCH3 is 2. The summed E-state index contributed by atoms with van der Waals surface area (Å²) in [7, 11) is 3.08. The fourth-order valence-corrected chi connectivity index (χ4v) is 3.29. The maximum Gasteiger partial charge on any atom is 0.262 e. The summed E-state index contributed by atoms with van der Waals surface area (Å²) in [6.07, 6.45) is 3.18. The molecule has 7 heteroatoms. The molecule has 1 aliphatic heterocycles. The summed E-state index contributed by atoms with van der Waals surface area (Å²) in [4.78, 5) is 27.0. The topological polar surface area (TPSA) is 77.1 Å². The highest BCUT2D eigenvalue weighted by Crippen LogP contribution is 2.29. The van der Waals surface area contributed by atoms with Crippen molar-refractivity contribution >= 4 is 17.5 Å². The first-order valence-corrected chi connectivity index (χ1v) is 9.65. The molecule has 0 spiro atoms. The first-order valence-electron chi connectivity index (χ1n) is 9.65. The molecular weight excluding hydrogens is 372 g/mol. The molecule has 3 rings (SSSR count). The maximum atomic E-state index is 12.8. The molecule has 0 radical (unpaired) electrons. The second kappa shape index (κ2) is 9.82. The third-order valence-electron chi connectivity index (χ3n) is 4.79. The smallest absolute Gasteiger partial charge is 0.262 e. The van der Waals surface area contributed by atoms with Crippen molar-refractivity contribution < 1.29 is 23.8 Å². The predicted molar refractivity (Wildman–Crippen MR) is 110 cm³/mol. The Kier molecular flexibility index (Phi) is 6.94. The van der Waals surface area contributed by atoms with Crippen LogP contribution in [-0.4, -0.2) is 50.6 Å². The average molecular weight is 398 g/mol. The van der Waals surface area contributed by atoms with Crippen molar-refractivity contribution in [3.63, 3.8) is 0 Å². The molecule has 1 heterocycles. The van der Waals surface area contributed by atoms with Gasteiger partial charge in [0.05, 0.1) is 19.8 Å². The number of hydrogen-bond donors (Lipinski definition) is 1. The van der Waals surface area contributed by atoms with Crippen molar-refractivity contribution in [1.29, 1.82) is 0 Å². The fourth-order valence-electron chi connectivity index (χ4n) is 3.29. The molecule has 1 N–H and O–H groups in total. The number of hydrogen-bond acceptors (Lipinski definition) is 5. The van der Waals surface area contributed by atoms with Gasteiger partial charge in [0.1, 0.15) is 5.75 Å². The summed E-state index contributed by atoms with van der Waals surface area (Å²) in [6, 6.07) is 12.1. The molecule has 2 aromatic rings. The van der Waals surface area contributed by atoms with Crippen LogP contribution in [0.4, 0.5) is 5.69 Å². The number of nitrogens with one attached hydrogen (secondary N) is 1. The molecule has 0 aliphatic carbocycles. The SMILES string of the molecule is COc1ccc(NC(=O)COc2ccccc2C(=O)N2CCCCC2)cc1OC. The number of para-hydroxylation sites is 1. The summed E-state index contributed by atoms with van der Waals surface area (Å²) >= 11 is 0. The van der Waals surface area contributed by atoms with Crippen LogP contribution >= 0.6 is 0 Å². The van der Waals surface area contributed by atoms with Crippen molar-refractivity contribution in [3.05, 3.63) is 48.0 Å². The van der Waals surface area contributed by atoms with Gasteiger partial charge in [-0.25, -0.2) is 0 Å². The van der Waals surface area contributed by atoms with Gasteiger partial charge < -0.3 is 24.4 Å². The molecule has 0 saturated carbocycles. The zero-order valence-electron chi connectivity index (χ0n) is 16.8.